The first-order valence-corrected chi connectivity index (χ1v) is 6.46. The van der Waals surface area contributed by atoms with Crippen LogP contribution in [0.25, 0.3) is 0 Å². The highest BCUT2D eigenvalue weighted by molar-refractivity contribution is 5.35. The molecule has 5 heteroatoms. The van der Waals surface area contributed by atoms with Gasteiger partial charge in [0.2, 0.25) is 0 Å². The van der Waals surface area contributed by atoms with Crippen LogP contribution in [-0.2, 0) is 6.42 Å². The lowest BCUT2D eigenvalue weighted by molar-refractivity contribution is -0.385. The van der Waals surface area contributed by atoms with Crippen molar-refractivity contribution in [2.45, 2.75) is 33.2 Å². The second kappa shape index (κ2) is 6.61. The highest BCUT2D eigenvalue weighted by Crippen LogP contribution is 2.24. The van der Waals surface area contributed by atoms with Gasteiger partial charge >= 0.3 is 0 Å². The summed E-state index contributed by atoms with van der Waals surface area (Å²) in [7, 11) is 1.88. The molecule has 19 heavy (non-hydrogen) atoms. The van der Waals surface area contributed by atoms with Crippen LogP contribution in [0.4, 0.5) is 10.1 Å². The van der Waals surface area contributed by atoms with Crippen LogP contribution in [0, 0.1) is 27.8 Å². The quantitative estimate of drug-likeness (QED) is 0.637. The van der Waals surface area contributed by atoms with Crippen molar-refractivity contribution in [3.63, 3.8) is 0 Å². The number of nitrogens with zero attached hydrogens (tertiary/aromatic N) is 1. The largest absolute Gasteiger partial charge is 0.317 e. The molecule has 0 aliphatic carbocycles. The summed E-state index contributed by atoms with van der Waals surface area (Å²) in [6, 6.07) is 4.06. The summed E-state index contributed by atoms with van der Waals surface area (Å²) in [5.41, 5.74) is 0.488. The van der Waals surface area contributed by atoms with E-state index in [1.807, 2.05) is 7.05 Å². The molecule has 0 radical (unpaired) electrons. The van der Waals surface area contributed by atoms with Gasteiger partial charge in [-0.05, 0) is 43.9 Å². The van der Waals surface area contributed by atoms with Gasteiger partial charge in [0.25, 0.3) is 5.69 Å². The lowest BCUT2D eigenvalue weighted by Crippen LogP contribution is -2.35. The lowest BCUT2D eigenvalue weighted by Gasteiger charge is -2.27. The Hall–Kier alpha value is -1.49. The van der Waals surface area contributed by atoms with Gasteiger partial charge in [0.05, 0.1) is 11.0 Å². The molecule has 106 valence electrons. The molecule has 0 bridgehead atoms. The molecular weight excluding hydrogens is 247 g/mol. The summed E-state index contributed by atoms with van der Waals surface area (Å²) in [4.78, 5) is 10.2. The number of benzene rings is 1. The molecule has 1 aromatic rings. The molecule has 2 atom stereocenters. The predicted octanol–water partition coefficient (Wildman–Crippen LogP) is 3.16. The third-order valence-electron chi connectivity index (χ3n) is 3.58. The first-order chi connectivity index (χ1) is 8.85. The Labute approximate surface area is 113 Å². The zero-order chi connectivity index (χ0) is 14.6. The maximum Gasteiger partial charge on any atom is 0.272 e. The molecule has 1 aromatic carbocycles. The summed E-state index contributed by atoms with van der Waals surface area (Å²) in [5.74, 6) is 0.153. The average molecular weight is 268 g/mol. The van der Waals surface area contributed by atoms with Crippen LogP contribution in [0.5, 0.6) is 0 Å². The topological polar surface area (TPSA) is 55.2 Å². The van der Waals surface area contributed by atoms with Crippen molar-refractivity contribution in [1.29, 1.82) is 0 Å². The SMILES string of the molecule is CNC(C)C(Cc1cc(F)cc([N+](=O)[O-])c1)C(C)C. The van der Waals surface area contributed by atoms with E-state index in [1.165, 1.54) is 12.1 Å². The third-order valence-corrected chi connectivity index (χ3v) is 3.58. The molecule has 0 fully saturated rings. The van der Waals surface area contributed by atoms with E-state index in [1.54, 1.807) is 0 Å². The number of hydrogen-bond donors (Lipinski definition) is 1. The van der Waals surface area contributed by atoms with Gasteiger partial charge in [-0.2, -0.15) is 0 Å². The fourth-order valence-corrected chi connectivity index (χ4v) is 2.33. The number of nitro groups is 1. The minimum atomic E-state index is -0.557. The molecule has 2 unspecified atom stereocenters. The van der Waals surface area contributed by atoms with E-state index >= 15 is 0 Å². The predicted molar refractivity (Wildman–Crippen MR) is 73.6 cm³/mol. The number of hydrogen-bond acceptors (Lipinski definition) is 3. The Morgan fingerprint density at radius 3 is 2.42 bits per heavy atom. The molecule has 0 saturated heterocycles. The van der Waals surface area contributed by atoms with Crippen LogP contribution >= 0.6 is 0 Å². The number of nitrogens with one attached hydrogen (secondary N) is 1. The number of nitro benzene ring substituents is 1. The van der Waals surface area contributed by atoms with E-state index in [0.29, 0.717) is 23.8 Å². The number of non-ortho nitro benzene ring substituents is 1. The van der Waals surface area contributed by atoms with Crippen LogP contribution in [0.2, 0.25) is 0 Å². The first-order valence-electron chi connectivity index (χ1n) is 6.46. The fraction of sp³-hybridized carbons (Fsp3) is 0.571. The highest BCUT2D eigenvalue weighted by Gasteiger charge is 2.21. The molecule has 0 aliphatic rings. The van der Waals surface area contributed by atoms with Crippen molar-refractivity contribution >= 4 is 5.69 Å². The smallest absolute Gasteiger partial charge is 0.272 e. The van der Waals surface area contributed by atoms with Crippen molar-refractivity contribution < 1.29 is 9.31 Å². The van der Waals surface area contributed by atoms with Crippen molar-refractivity contribution in [2.24, 2.45) is 11.8 Å². The van der Waals surface area contributed by atoms with Crippen LogP contribution < -0.4 is 5.32 Å². The lowest BCUT2D eigenvalue weighted by atomic mass is 9.84. The zero-order valence-electron chi connectivity index (χ0n) is 11.8. The van der Waals surface area contributed by atoms with Gasteiger partial charge in [-0.15, -0.1) is 0 Å². The van der Waals surface area contributed by atoms with Crippen molar-refractivity contribution in [1.82, 2.24) is 5.32 Å². The standard InChI is InChI=1S/C14H21FN2O2/c1-9(2)14(10(3)16-4)7-11-5-12(15)8-13(6-11)17(18)19/h5-6,8-10,14,16H,7H2,1-4H3. The summed E-state index contributed by atoms with van der Waals surface area (Å²) in [5, 5.41) is 13.9. The molecule has 1 N–H and O–H groups in total. The van der Waals surface area contributed by atoms with Gasteiger partial charge in [0.1, 0.15) is 5.82 Å². The summed E-state index contributed by atoms with van der Waals surface area (Å²) >= 11 is 0. The van der Waals surface area contributed by atoms with Crippen molar-refractivity contribution in [3.8, 4) is 0 Å². The van der Waals surface area contributed by atoms with Crippen LogP contribution in [-0.4, -0.2) is 18.0 Å². The van der Waals surface area contributed by atoms with Gasteiger partial charge in [0, 0.05) is 12.1 Å². The molecule has 0 spiro atoms. The van der Waals surface area contributed by atoms with Gasteiger partial charge in [0.15, 0.2) is 0 Å². The van der Waals surface area contributed by atoms with E-state index in [2.05, 4.69) is 26.1 Å². The van der Waals surface area contributed by atoms with Gasteiger partial charge in [-0.25, -0.2) is 4.39 Å². The fourth-order valence-electron chi connectivity index (χ4n) is 2.33. The first kappa shape index (κ1) is 15.6. The van der Waals surface area contributed by atoms with Crippen LogP contribution in [0.3, 0.4) is 0 Å². The van der Waals surface area contributed by atoms with Crippen LogP contribution in [0.15, 0.2) is 18.2 Å². The minimum Gasteiger partial charge on any atom is -0.317 e. The maximum atomic E-state index is 13.4. The van der Waals surface area contributed by atoms with Gasteiger partial charge in [-0.3, -0.25) is 10.1 Å². The normalized spacial score (nSPS) is 14.4. The molecule has 0 aliphatic heterocycles. The molecule has 4 nitrogen and oxygen atoms in total. The molecular formula is C14H21FN2O2. The van der Waals surface area contributed by atoms with E-state index in [-0.39, 0.29) is 11.7 Å². The zero-order valence-corrected chi connectivity index (χ0v) is 11.8. The number of rotatable bonds is 6. The Balaban J connectivity index is 2.99. The molecule has 1 rings (SSSR count). The minimum absolute atomic E-state index is 0.186. The molecule has 0 saturated carbocycles. The number of halogens is 1. The molecule has 0 aromatic heterocycles. The third kappa shape index (κ3) is 4.28. The van der Waals surface area contributed by atoms with Crippen LogP contribution in [0.1, 0.15) is 26.3 Å². The Morgan fingerprint density at radius 2 is 1.95 bits per heavy atom. The summed E-state index contributed by atoms with van der Waals surface area (Å²) in [6.45, 7) is 6.27. The summed E-state index contributed by atoms with van der Waals surface area (Å²) in [6.07, 6.45) is 0.623. The van der Waals surface area contributed by atoms with Crippen molar-refractivity contribution in [2.75, 3.05) is 7.05 Å². The Bertz CT molecular complexity index is 449. The van der Waals surface area contributed by atoms with Crippen molar-refractivity contribution in [3.05, 3.63) is 39.7 Å². The molecule has 0 heterocycles. The van der Waals surface area contributed by atoms with E-state index in [0.717, 1.165) is 6.07 Å². The van der Waals surface area contributed by atoms with E-state index in [4.69, 9.17) is 0 Å². The van der Waals surface area contributed by atoms with E-state index < -0.39 is 10.7 Å². The second-order valence-corrected chi connectivity index (χ2v) is 5.26. The monoisotopic (exact) mass is 268 g/mol. The van der Waals surface area contributed by atoms with E-state index in [9.17, 15) is 14.5 Å². The molecule has 0 amide bonds. The Kier molecular flexibility index (Phi) is 5.42. The highest BCUT2D eigenvalue weighted by atomic mass is 19.1. The van der Waals surface area contributed by atoms with Gasteiger partial charge in [-0.1, -0.05) is 13.8 Å². The second-order valence-electron chi connectivity index (χ2n) is 5.26. The average Bonchev–Trinajstić information content (AvgIpc) is 2.34. The summed E-state index contributed by atoms with van der Waals surface area (Å²) < 4.78 is 13.4. The maximum absolute atomic E-state index is 13.4. The Morgan fingerprint density at radius 1 is 1.32 bits per heavy atom. The van der Waals surface area contributed by atoms with Gasteiger partial charge < -0.3 is 5.32 Å².